The first kappa shape index (κ1) is 65.4. The molecule has 12 heteroatoms. The molecule has 0 aliphatic carbocycles. The van der Waals surface area contributed by atoms with Gasteiger partial charge >= 0.3 is 8.56 Å². The topological polar surface area (TPSA) is 88.4 Å². The molecule has 0 radical (unpaired) electrons. The Morgan fingerprint density at radius 2 is 0.759 bits per heavy atom. The molecule has 0 aromatic carbocycles. The lowest BCUT2D eigenvalue weighted by Gasteiger charge is -2.52. The highest BCUT2D eigenvalue weighted by Crippen LogP contribution is 2.52. The van der Waals surface area contributed by atoms with E-state index in [1.807, 2.05) is 45.3 Å². The fraction of sp³-hybridized carbons (Fsp3) is 0.714. The van der Waals surface area contributed by atoms with E-state index in [4.69, 9.17) is 18.4 Å². The number of aliphatic hydroxyl groups excluding tert-OH is 1. The van der Waals surface area contributed by atoms with Gasteiger partial charge in [0.25, 0.3) is 0 Å². The predicted octanol–water partition coefficient (Wildman–Crippen LogP) is 13.1. The summed E-state index contributed by atoms with van der Waals surface area (Å²) < 4.78 is 18.5. The summed E-state index contributed by atoms with van der Waals surface area (Å²) in [5.74, 6) is 0. The zero-order chi connectivity index (χ0) is 43.4. The van der Waals surface area contributed by atoms with Crippen molar-refractivity contribution in [1.29, 1.82) is 0 Å². The highest BCUT2D eigenvalue weighted by molar-refractivity contribution is 6.86. The van der Waals surface area contributed by atoms with E-state index in [9.17, 15) is 9.59 Å². The molecule has 2 unspecified atom stereocenters. The minimum Gasteiger partial charge on any atom is -0.431 e. The molecule has 0 aromatic heterocycles. The van der Waals surface area contributed by atoms with Gasteiger partial charge in [-0.3, -0.25) is 0 Å². The Morgan fingerprint density at radius 1 is 0.481 bits per heavy atom. The maximum atomic E-state index is 10.4. The third kappa shape index (κ3) is 20.3. The molecule has 0 aliphatic rings. The Hall–Kier alpha value is -0.499. The third-order valence-electron chi connectivity index (χ3n) is 11.0. The summed E-state index contributed by atoms with van der Waals surface area (Å²) in [5.41, 5.74) is 7.32. The van der Waals surface area contributed by atoms with Crippen LogP contribution >= 0.6 is 0 Å². The van der Waals surface area contributed by atoms with Crippen LogP contribution in [0.5, 0.6) is 0 Å². The van der Waals surface area contributed by atoms with E-state index in [0.29, 0.717) is 0 Å². The molecule has 0 fully saturated rings. The molecular weight excluding hydrogens is 769 g/mol. The Bertz CT molecular complexity index is 1160. The number of aliphatic hydroxyl groups is 1. The number of hydrogen-bond acceptors (Lipinski definition) is 6. The van der Waals surface area contributed by atoms with E-state index in [-0.39, 0.29) is 36.8 Å². The molecule has 0 saturated heterocycles. The monoisotopic (exact) mass is 865 g/mol. The molecule has 0 spiro atoms. The minimum atomic E-state index is -2.63. The van der Waals surface area contributed by atoms with E-state index >= 15 is 0 Å². The fourth-order valence-corrected chi connectivity index (χ4v) is 16.9. The molecule has 0 aromatic rings. The zero-order valence-electron chi connectivity index (χ0n) is 38.4. The first-order chi connectivity index (χ1) is 22.5. The van der Waals surface area contributed by atoms with E-state index in [2.05, 4.69) is 144 Å². The maximum Gasteiger partial charge on any atom is 0.329 e. The van der Waals surface area contributed by atoms with Crippen molar-refractivity contribution in [3.63, 3.8) is 0 Å². The first-order valence-electron chi connectivity index (χ1n) is 18.5. The molecule has 0 rings (SSSR count). The van der Waals surface area contributed by atoms with Crippen LogP contribution in [0.2, 0.25) is 88.6 Å². The van der Waals surface area contributed by atoms with Crippen molar-refractivity contribution in [1.82, 2.24) is 0 Å². The van der Waals surface area contributed by atoms with Crippen LogP contribution in [0.15, 0.2) is 74.4 Å². The van der Waals surface area contributed by atoms with Crippen LogP contribution in [0.1, 0.15) is 84.1 Å². The summed E-state index contributed by atoms with van der Waals surface area (Å²) >= 11 is 0. The lowest BCUT2D eigenvalue weighted by Crippen LogP contribution is -2.56. The Labute approximate surface area is 345 Å². The van der Waals surface area contributed by atoms with Crippen molar-refractivity contribution in [3.8, 4) is 0 Å². The van der Waals surface area contributed by atoms with Crippen LogP contribution in [0.4, 0.5) is 0 Å². The Morgan fingerprint density at radius 3 is 0.981 bits per heavy atom. The van der Waals surface area contributed by atoms with Gasteiger partial charge in [-0.2, -0.15) is 0 Å². The van der Waals surface area contributed by atoms with Gasteiger partial charge in [0.15, 0.2) is 8.32 Å². The highest BCUT2D eigenvalue weighted by atomic mass is 28.4. The van der Waals surface area contributed by atoms with Crippen LogP contribution in [-0.4, -0.2) is 86.9 Å². The molecule has 0 saturated carbocycles. The van der Waals surface area contributed by atoms with Crippen LogP contribution in [0, 0.1) is 0 Å². The maximum absolute atomic E-state index is 10.4. The van der Waals surface area contributed by atoms with Gasteiger partial charge in [-0.15, -0.1) is 45.2 Å². The average Bonchev–Trinajstić information content (AvgIpc) is 2.93. The second-order valence-electron chi connectivity index (χ2n) is 19.2. The second kappa shape index (κ2) is 23.2. The molecular formula is C42H96O6Si6. The van der Waals surface area contributed by atoms with Crippen molar-refractivity contribution in [3.05, 3.63) is 74.4 Å². The zero-order valence-corrected chi connectivity index (χ0v) is 44.4. The van der Waals surface area contributed by atoms with Crippen LogP contribution in [-0.2, 0) is 13.3 Å². The van der Waals surface area contributed by atoms with Gasteiger partial charge in [-0.1, -0.05) is 84.1 Å². The smallest absolute Gasteiger partial charge is 0.329 e. The minimum absolute atomic E-state index is 0. The summed E-state index contributed by atoms with van der Waals surface area (Å²) in [6.45, 7) is 68.9. The predicted molar refractivity (Wildman–Crippen MR) is 264 cm³/mol. The van der Waals surface area contributed by atoms with Gasteiger partial charge in [-0.25, -0.2) is 0 Å². The second-order valence-corrected chi connectivity index (χ2v) is 44.1. The summed E-state index contributed by atoms with van der Waals surface area (Å²) in [7, 11) is -11.8. The van der Waals surface area contributed by atoms with Gasteiger partial charge < -0.3 is 28.0 Å². The average molecular weight is 866 g/mol. The van der Waals surface area contributed by atoms with E-state index in [1.165, 1.54) is 0 Å². The van der Waals surface area contributed by atoms with Gasteiger partial charge in [0.2, 0.25) is 16.6 Å². The molecule has 54 heavy (non-hydrogen) atoms. The SMILES string of the molecule is C.C.C=CC(C)(C(C)(C)O[Si](C)(C)C=C)[Si](C)(C)C=C.C=CC(C)(C(C)(C)O[Si](C)(C)O)[Si](C)(C)O.C=C[Si](C)(C)OC(C)(C)[Si](C)(C)C=C.CC(C)O. The largest absolute Gasteiger partial charge is 0.431 e. The van der Waals surface area contributed by atoms with Crippen LogP contribution < -0.4 is 0 Å². The van der Waals surface area contributed by atoms with Crippen LogP contribution in [0.3, 0.4) is 0 Å². The molecule has 6 nitrogen and oxygen atoms in total. The van der Waals surface area contributed by atoms with Gasteiger partial charge in [0, 0.05) is 21.4 Å². The molecule has 0 amide bonds. The molecule has 0 aliphatic heterocycles. The lowest BCUT2D eigenvalue weighted by atomic mass is 9.91. The summed E-state index contributed by atoms with van der Waals surface area (Å²) in [6.07, 6.45) is 3.66. The quantitative estimate of drug-likeness (QED) is 0.0997. The molecule has 3 N–H and O–H groups in total. The van der Waals surface area contributed by atoms with Crippen molar-refractivity contribution in [2.45, 2.75) is 195 Å². The number of rotatable bonds is 17. The van der Waals surface area contributed by atoms with Crippen LogP contribution in [0.25, 0.3) is 0 Å². The number of hydrogen-bond donors (Lipinski definition) is 3. The van der Waals surface area contributed by atoms with Crippen molar-refractivity contribution in [2.24, 2.45) is 0 Å². The third-order valence-corrected chi connectivity index (χ3v) is 28.4. The molecule has 0 bridgehead atoms. The summed E-state index contributed by atoms with van der Waals surface area (Å²) in [5, 5.41) is 7.43. The van der Waals surface area contributed by atoms with Gasteiger partial charge in [0.05, 0.1) is 19.3 Å². The Balaban J connectivity index is -0.000000150. The van der Waals surface area contributed by atoms with E-state index in [1.54, 1.807) is 33.0 Å². The molecule has 324 valence electrons. The van der Waals surface area contributed by atoms with Gasteiger partial charge in [0.1, 0.15) is 8.07 Å². The first-order valence-corrected chi connectivity index (χ1v) is 36.4. The van der Waals surface area contributed by atoms with Gasteiger partial charge in [-0.05, 0) is 108 Å². The Kier molecular flexibility index (Phi) is 28.1. The molecule has 2 atom stereocenters. The van der Waals surface area contributed by atoms with E-state index in [0.717, 1.165) is 0 Å². The van der Waals surface area contributed by atoms with Crippen molar-refractivity contribution < 1.29 is 28.0 Å². The highest BCUT2D eigenvalue weighted by Gasteiger charge is 2.54. The summed E-state index contributed by atoms with van der Waals surface area (Å²) in [6, 6.07) is 0. The van der Waals surface area contributed by atoms with E-state index < -0.39 is 60.3 Å². The lowest BCUT2D eigenvalue weighted by molar-refractivity contribution is 0.0391. The van der Waals surface area contributed by atoms with Crippen molar-refractivity contribution in [2.75, 3.05) is 0 Å². The molecule has 0 heterocycles. The standard InChI is InChI=1S/C15H30OSi2.C11H26O3Si2.C11H24OSi2.C3H8O.2CH4/c1-11-15(6,17(7,8)12-2)14(4,5)16-18(9,10)13-3;1-9-11(4,15(5,6)12)10(2,3)14-16(7,8)13;1-9-13(5,6)11(3,4)12-14(7,8)10-2;1-3(2)4;;/h11-13H,1-3H2,4-10H3;9,12-13H,1H2,2-8H3;9-10H,1-2H2,3-8H3;3-4H,1-2H3;2*1H4. The summed E-state index contributed by atoms with van der Waals surface area (Å²) in [4.78, 5) is 20.3. The normalized spacial score (nSPS) is 15.2. The van der Waals surface area contributed by atoms with Crippen molar-refractivity contribution >= 4 is 49.7 Å². The fourth-order valence-electron chi connectivity index (χ4n) is 5.34.